The van der Waals surface area contributed by atoms with Crippen LogP contribution in [0.4, 0.5) is 0 Å². The molecule has 0 saturated carbocycles. The third-order valence-corrected chi connectivity index (χ3v) is 8.04. The maximum Gasteiger partial charge on any atom is 0.170 e. The van der Waals surface area contributed by atoms with Crippen LogP contribution in [0.5, 0.6) is 0 Å². The minimum absolute atomic E-state index is 0.753. The molecule has 9 aromatic rings. The normalized spacial score (nSPS) is 11.9. The van der Waals surface area contributed by atoms with Gasteiger partial charge in [-0.3, -0.25) is 9.13 Å². The number of benzene rings is 5. The highest BCUT2D eigenvalue weighted by molar-refractivity contribution is 6.19. The summed E-state index contributed by atoms with van der Waals surface area (Å²) in [5.74, 6) is 0.762. The van der Waals surface area contributed by atoms with Crippen molar-refractivity contribution in [2.75, 3.05) is 0 Å². The summed E-state index contributed by atoms with van der Waals surface area (Å²) in [4.78, 5) is 14.3. The lowest BCUT2D eigenvalue weighted by molar-refractivity contribution is 1.04. The lowest BCUT2D eigenvalue weighted by atomic mass is 10.1. The van der Waals surface area contributed by atoms with Gasteiger partial charge in [0, 0.05) is 32.9 Å². The van der Waals surface area contributed by atoms with Crippen molar-refractivity contribution in [1.29, 1.82) is 0 Å². The fourth-order valence-corrected chi connectivity index (χ4v) is 6.28. The first-order valence-corrected chi connectivity index (χ1v) is 13.6. The van der Waals surface area contributed by atoms with Gasteiger partial charge in [0.05, 0.1) is 22.1 Å². The van der Waals surface area contributed by atoms with Gasteiger partial charge >= 0.3 is 0 Å². The van der Waals surface area contributed by atoms with E-state index in [1.165, 1.54) is 27.1 Å². The Morgan fingerprint density at radius 3 is 1.73 bits per heavy atom. The molecule has 0 aliphatic rings. The van der Waals surface area contributed by atoms with Gasteiger partial charge < -0.3 is 4.57 Å². The van der Waals surface area contributed by atoms with Crippen LogP contribution in [0.3, 0.4) is 0 Å². The first-order chi connectivity index (χ1) is 20.4. The zero-order valence-corrected chi connectivity index (χ0v) is 21.9. The van der Waals surface area contributed by atoms with Crippen molar-refractivity contribution in [3.63, 3.8) is 0 Å². The topological polar surface area (TPSA) is 53.5 Å². The largest absolute Gasteiger partial charge is 0.309 e. The molecule has 0 aliphatic carbocycles. The van der Waals surface area contributed by atoms with Crippen LogP contribution in [-0.4, -0.2) is 28.7 Å². The second kappa shape index (κ2) is 8.37. The van der Waals surface area contributed by atoms with Gasteiger partial charge in [0.15, 0.2) is 17.0 Å². The summed E-state index contributed by atoms with van der Waals surface area (Å²) in [6.45, 7) is 0. The Bertz CT molecular complexity index is 2410. The predicted octanol–water partition coefficient (Wildman–Crippen LogP) is 8.01. The summed E-state index contributed by atoms with van der Waals surface area (Å²) in [5.41, 5.74) is 8.15. The molecule has 0 spiro atoms. The Morgan fingerprint density at radius 1 is 0.439 bits per heavy atom. The SMILES string of the molecule is c1ccc(-n2cnc3c(-n4c5ccccc5c5cc6c7ccccc7n(-c7ccccc7)c6cc54)ncnc32)cc1. The van der Waals surface area contributed by atoms with Crippen LogP contribution >= 0.6 is 0 Å². The van der Waals surface area contributed by atoms with Crippen LogP contribution in [0.1, 0.15) is 0 Å². The first-order valence-electron chi connectivity index (χ1n) is 13.6. The number of hydrogen-bond donors (Lipinski definition) is 0. The molecule has 0 bridgehead atoms. The van der Waals surface area contributed by atoms with Crippen molar-refractivity contribution in [3.8, 4) is 17.2 Å². The maximum atomic E-state index is 4.84. The molecule has 192 valence electrons. The van der Waals surface area contributed by atoms with Gasteiger partial charge in [-0.15, -0.1) is 0 Å². The van der Waals surface area contributed by atoms with Crippen LogP contribution in [0, 0.1) is 0 Å². The molecule has 0 amide bonds. The van der Waals surface area contributed by atoms with Gasteiger partial charge in [0.2, 0.25) is 0 Å². The molecule has 0 saturated heterocycles. The summed E-state index contributed by atoms with van der Waals surface area (Å²) in [6, 6.07) is 42.5. The van der Waals surface area contributed by atoms with E-state index in [0.29, 0.717) is 0 Å². The van der Waals surface area contributed by atoms with Gasteiger partial charge in [0.25, 0.3) is 0 Å². The number of hydrogen-bond acceptors (Lipinski definition) is 3. The molecule has 0 radical (unpaired) electrons. The Balaban J connectivity index is 1.42. The lowest BCUT2D eigenvalue weighted by Gasteiger charge is -2.10. The van der Waals surface area contributed by atoms with Gasteiger partial charge in [-0.05, 0) is 48.5 Å². The molecule has 6 nitrogen and oxygen atoms in total. The van der Waals surface area contributed by atoms with Crippen molar-refractivity contribution in [1.82, 2.24) is 28.7 Å². The molecule has 6 heteroatoms. The third kappa shape index (κ3) is 3.10. The molecular formula is C35H22N6. The van der Waals surface area contributed by atoms with Gasteiger partial charge in [0.1, 0.15) is 12.7 Å². The number of aromatic nitrogens is 6. The van der Waals surface area contributed by atoms with Crippen molar-refractivity contribution < 1.29 is 0 Å². The van der Waals surface area contributed by atoms with Gasteiger partial charge in [-0.25, -0.2) is 15.0 Å². The molecule has 5 aromatic carbocycles. The van der Waals surface area contributed by atoms with Crippen molar-refractivity contribution in [2.24, 2.45) is 0 Å². The third-order valence-electron chi connectivity index (χ3n) is 8.04. The second-order valence-corrected chi connectivity index (χ2v) is 10.2. The van der Waals surface area contributed by atoms with Crippen LogP contribution in [0.25, 0.3) is 72.0 Å². The monoisotopic (exact) mass is 526 g/mol. The molecule has 0 unspecified atom stereocenters. The summed E-state index contributed by atoms with van der Waals surface area (Å²) in [5, 5.41) is 4.81. The van der Waals surface area contributed by atoms with Gasteiger partial charge in [-0.2, -0.15) is 0 Å². The van der Waals surface area contributed by atoms with E-state index in [4.69, 9.17) is 9.97 Å². The second-order valence-electron chi connectivity index (χ2n) is 10.2. The molecular weight excluding hydrogens is 504 g/mol. The lowest BCUT2D eigenvalue weighted by Crippen LogP contribution is -2.01. The van der Waals surface area contributed by atoms with Crippen LogP contribution < -0.4 is 0 Å². The smallest absolute Gasteiger partial charge is 0.170 e. The van der Waals surface area contributed by atoms with E-state index in [9.17, 15) is 0 Å². The zero-order valence-electron chi connectivity index (χ0n) is 21.9. The number of nitrogens with zero attached hydrogens (tertiary/aromatic N) is 6. The minimum Gasteiger partial charge on any atom is -0.309 e. The highest BCUT2D eigenvalue weighted by atomic mass is 15.2. The Kier molecular flexibility index (Phi) is 4.51. The number of imidazole rings is 1. The Hall–Kier alpha value is -5.75. The van der Waals surface area contributed by atoms with E-state index in [-0.39, 0.29) is 0 Å². The van der Waals surface area contributed by atoms with E-state index < -0.39 is 0 Å². The highest BCUT2D eigenvalue weighted by Crippen LogP contribution is 2.39. The molecule has 0 fully saturated rings. The first kappa shape index (κ1) is 22.1. The van der Waals surface area contributed by atoms with E-state index in [2.05, 4.69) is 117 Å². The van der Waals surface area contributed by atoms with E-state index in [1.807, 2.05) is 29.1 Å². The molecule has 9 rings (SSSR count). The molecule has 41 heavy (non-hydrogen) atoms. The number of fused-ring (bicyclic) bond motifs is 7. The average molecular weight is 527 g/mol. The molecule has 4 aromatic heterocycles. The summed E-state index contributed by atoms with van der Waals surface area (Å²) in [6.07, 6.45) is 3.47. The van der Waals surface area contributed by atoms with Gasteiger partial charge in [-0.1, -0.05) is 72.8 Å². The van der Waals surface area contributed by atoms with Crippen molar-refractivity contribution in [2.45, 2.75) is 0 Å². The summed E-state index contributed by atoms with van der Waals surface area (Å²) in [7, 11) is 0. The van der Waals surface area contributed by atoms with E-state index in [1.54, 1.807) is 6.33 Å². The maximum absolute atomic E-state index is 4.84. The Labute approximate surface area is 234 Å². The predicted molar refractivity (Wildman–Crippen MR) is 165 cm³/mol. The molecule has 0 N–H and O–H groups in total. The van der Waals surface area contributed by atoms with Crippen LogP contribution in [0.2, 0.25) is 0 Å². The fourth-order valence-electron chi connectivity index (χ4n) is 6.28. The minimum atomic E-state index is 0.753. The standard InChI is InChI=1S/C35H22N6/c1-3-11-23(12-4-1)39-22-38-33-34(39)36-21-37-35(33)41-30-18-10-8-16-26(30)28-19-27-25-15-7-9-17-29(25)40(31(27)20-32(28)41)24-13-5-2-6-14-24/h1-22H. The van der Waals surface area contributed by atoms with Crippen molar-refractivity contribution in [3.05, 3.63) is 134 Å². The average Bonchev–Trinajstić information content (AvgIpc) is 3.71. The van der Waals surface area contributed by atoms with E-state index >= 15 is 0 Å². The fraction of sp³-hybridized carbons (Fsp3) is 0. The molecule has 0 aliphatic heterocycles. The van der Waals surface area contributed by atoms with Crippen molar-refractivity contribution >= 4 is 54.8 Å². The molecule has 4 heterocycles. The summed E-state index contributed by atoms with van der Waals surface area (Å²) < 4.78 is 6.61. The van der Waals surface area contributed by atoms with Crippen LogP contribution in [-0.2, 0) is 0 Å². The zero-order chi connectivity index (χ0) is 26.9. The van der Waals surface area contributed by atoms with Crippen LogP contribution in [0.15, 0.2) is 134 Å². The quantitative estimate of drug-likeness (QED) is 0.234. The van der Waals surface area contributed by atoms with E-state index in [0.717, 1.165) is 44.9 Å². The highest BCUT2D eigenvalue weighted by Gasteiger charge is 2.21. The number of rotatable bonds is 3. The summed E-state index contributed by atoms with van der Waals surface area (Å²) >= 11 is 0. The molecule has 0 atom stereocenters. The Morgan fingerprint density at radius 2 is 1.02 bits per heavy atom. The number of para-hydroxylation sites is 4.